The van der Waals surface area contributed by atoms with Gasteiger partial charge in [0.2, 0.25) is 0 Å². The Morgan fingerprint density at radius 2 is 1.96 bits per heavy atom. The Morgan fingerprint density at radius 1 is 1.20 bits per heavy atom. The van der Waals surface area contributed by atoms with Gasteiger partial charge in [-0.15, -0.1) is 0 Å². The molecule has 0 aromatic heterocycles. The zero-order valence-corrected chi connectivity index (χ0v) is 15.0. The molecule has 2 aromatic carbocycles. The molecule has 7 heteroatoms. The molecule has 4 nitrogen and oxygen atoms in total. The molecule has 0 saturated heterocycles. The van der Waals surface area contributed by atoms with Gasteiger partial charge < -0.3 is 14.6 Å². The second-order valence-electron chi connectivity index (χ2n) is 5.26. The lowest BCUT2D eigenvalue weighted by Crippen LogP contribution is -2.12. The standard InChI is InChI=1S/C18H17Cl2FO4/c1-2-24-17(9-18(22)23)13-5-4-12(8-16(13)21)25-10-11-3-6-14(19)15(20)7-11/h3-8,17H,2,9-10H2,1H3,(H,22,23). The molecule has 0 amide bonds. The van der Waals surface area contributed by atoms with Gasteiger partial charge in [0.25, 0.3) is 0 Å². The van der Waals surface area contributed by atoms with E-state index in [1.807, 2.05) is 0 Å². The second kappa shape index (κ2) is 9.04. The average molecular weight is 387 g/mol. The summed E-state index contributed by atoms with van der Waals surface area (Å²) in [5.41, 5.74) is 0.975. The number of carbonyl (C=O) groups is 1. The van der Waals surface area contributed by atoms with Gasteiger partial charge in [0.15, 0.2) is 0 Å². The molecule has 0 aliphatic rings. The van der Waals surface area contributed by atoms with Crippen molar-refractivity contribution in [3.8, 4) is 5.75 Å². The summed E-state index contributed by atoms with van der Waals surface area (Å²) in [5, 5.41) is 9.78. The van der Waals surface area contributed by atoms with Gasteiger partial charge in [-0.3, -0.25) is 4.79 Å². The average Bonchev–Trinajstić information content (AvgIpc) is 2.55. The molecular formula is C18H17Cl2FO4. The van der Waals surface area contributed by atoms with Crippen molar-refractivity contribution >= 4 is 29.2 Å². The molecule has 134 valence electrons. The van der Waals surface area contributed by atoms with Crippen molar-refractivity contribution in [3.05, 3.63) is 63.4 Å². The van der Waals surface area contributed by atoms with E-state index in [2.05, 4.69) is 0 Å². The van der Waals surface area contributed by atoms with E-state index in [9.17, 15) is 9.18 Å². The molecule has 0 fully saturated rings. The lowest BCUT2D eigenvalue weighted by molar-refractivity contribution is -0.140. The summed E-state index contributed by atoms with van der Waals surface area (Å²) in [6.07, 6.45) is -1.15. The zero-order chi connectivity index (χ0) is 18.4. The third-order valence-corrected chi connectivity index (χ3v) is 4.18. The van der Waals surface area contributed by atoms with Crippen molar-refractivity contribution < 1.29 is 23.8 Å². The van der Waals surface area contributed by atoms with Crippen LogP contribution < -0.4 is 4.74 Å². The van der Waals surface area contributed by atoms with Crippen molar-refractivity contribution in [2.24, 2.45) is 0 Å². The number of ether oxygens (including phenoxy) is 2. The van der Waals surface area contributed by atoms with Crippen LogP contribution in [0.15, 0.2) is 36.4 Å². The minimum atomic E-state index is -1.06. The van der Waals surface area contributed by atoms with Crippen molar-refractivity contribution in [2.45, 2.75) is 26.1 Å². The van der Waals surface area contributed by atoms with Crippen LogP contribution in [0.25, 0.3) is 0 Å². The Hall–Kier alpha value is -1.82. The highest BCUT2D eigenvalue weighted by Gasteiger charge is 2.20. The SMILES string of the molecule is CCOC(CC(=O)O)c1ccc(OCc2ccc(Cl)c(Cl)c2)cc1F. The monoisotopic (exact) mass is 386 g/mol. The minimum absolute atomic E-state index is 0.186. The van der Waals surface area contributed by atoms with E-state index in [0.29, 0.717) is 15.8 Å². The zero-order valence-electron chi connectivity index (χ0n) is 13.5. The van der Waals surface area contributed by atoms with Crippen LogP contribution in [0.2, 0.25) is 10.0 Å². The fourth-order valence-corrected chi connectivity index (χ4v) is 2.59. The number of rotatable bonds is 8. The van der Waals surface area contributed by atoms with Gasteiger partial charge in [0.05, 0.1) is 22.6 Å². The highest BCUT2D eigenvalue weighted by atomic mass is 35.5. The molecule has 0 saturated carbocycles. The van der Waals surface area contributed by atoms with Crippen LogP contribution in [0.4, 0.5) is 4.39 Å². The fraction of sp³-hybridized carbons (Fsp3) is 0.278. The molecule has 0 bridgehead atoms. The minimum Gasteiger partial charge on any atom is -0.489 e. The number of benzene rings is 2. The normalized spacial score (nSPS) is 12.0. The van der Waals surface area contributed by atoms with Crippen molar-refractivity contribution in [3.63, 3.8) is 0 Å². The van der Waals surface area contributed by atoms with Crippen molar-refractivity contribution in [2.75, 3.05) is 6.61 Å². The smallest absolute Gasteiger partial charge is 0.306 e. The van der Waals surface area contributed by atoms with Crippen LogP contribution in [0, 0.1) is 5.82 Å². The number of aliphatic carboxylic acids is 1. The topological polar surface area (TPSA) is 55.8 Å². The molecule has 0 radical (unpaired) electrons. The third-order valence-electron chi connectivity index (χ3n) is 3.44. The maximum absolute atomic E-state index is 14.3. The van der Waals surface area contributed by atoms with E-state index in [1.54, 1.807) is 31.2 Å². The van der Waals surface area contributed by atoms with Crippen LogP contribution in [0.5, 0.6) is 5.75 Å². The highest BCUT2D eigenvalue weighted by Crippen LogP contribution is 2.28. The quantitative estimate of drug-likeness (QED) is 0.671. The summed E-state index contributed by atoms with van der Waals surface area (Å²) in [6.45, 7) is 2.20. The highest BCUT2D eigenvalue weighted by molar-refractivity contribution is 6.42. The molecule has 1 N–H and O–H groups in total. The van der Waals surface area contributed by atoms with E-state index in [-0.39, 0.29) is 25.2 Å². The number of carboxylic acids is 1. The summed E-state index contributed by atoms with van der Waals surface area (Å²) in [7, 11) is 0. The molecule has 1 unspecified atom stereocenters. The molecule has 0 heterocycles. The number of carboxylic acid groups (broad SMARTS) is 1. The summed E-state index contributed by atoms with van der Waals surface area (Å²) < 4.78 is 25.2. The maximum Gasteiger partial charge on any atom is 0.306 e. The molecule has 2 aromatic rings. The predicted octanol–water partition coefficient (Wildman–Crippen LogP) is 5.26. The van der Waals surface area contributed by atoms with Crippen LogP contribution >= 0.6 is 23.2 Å². The number of hydrogen-bond acceptors (Lipinski definition) is 3. The Kier molecular flexibility index (Phi) is 7.05. The molecular weight excluding hydrogens is 370 g/mol. The Labute approximate surface area is 155 Å². The Bertz CT molecular complexity index is 752. The lowest BCUT2D eigenvalue weighted by atomic mass is 10.1. The number of hydrogen-bond donors (Lipinski definition) is 1. The first kappa shape index (κ1) is 19.5. The Morgan fingerprint density at radius 3 is 2.56 bits per heavy atom. The van der Waals surface area contributed by atoms with Gasteiger partial charge in [-0.05, 0) is 36.8 Å². The predicted molar refractivity (Wildman–Crippen MR) is 93.8 cm³/mol. The van der Waals surface area contributed by atoms with E-state index < -0.39 is 17.9 Å². The Balaban J connectivity index is 2.09. The maximum atomic E-state index is 14.3. The third kappa shape index (κ3) is 5.59. The van der Waals surface area contributed by atoms with Crippen LogP contribution in [0.3, 0.4) is 0 Å². The number of halogens is 3. The van der Waals surface area contributed by atoms with E-state index in [4.69, 9.17) is 37.8 Å². The van der Waals surface area contributed by atoms with Gasteiger partial charge in [-0.2, -0.15) is 0 Å². The summed E-state index contributed by atoms with van der Waals surface area (Å²) in [6, 6.07) is 9.35. The van der Waals surface area contributed by atoms with Gasteiger partial charge in [-0.1, -0.05) is 29.3 Å². The summed E-state index contributed by atoms with van der Waals surface area (Å²) in [4.78, 5) is 10.9. The lowest BCUT2D eigenvalue weighted by Gasteiger charge is -2.17. The van der Waals surface area contributed by atoms with Crippen molar-refractivity contribution in [1.82, 2.24) is 0 Å². The van der Waals surface area contributed by atoms with E-state index in [0.717, 1.165) is 5.56 Å². The first-order valence-corrected chi connectivity index (χ1v) is 8.35. The second-order valence-corrected chi connectivity index (χ2v) is 6.08. The first-order chi connectivity index (χ1) is 11.9. The molecule has 2 rings (SSSR count). The molecule has 0 spiro atoms. The first-order valence-electron chi connectivity index (χ1n) is 7.60. The van der Waals surface area contributed by atoms with E-state index >= 15 is 0 Å². The van der Waals surface area contributed by atoms with Crippen LogP contribution in [-0.4, -0.2) is 17.7 Å². The van der Waals surface area contributed by atoms with Crippen molar-refractivity contribution in [1.29, 1.82) is 0 Å². The van der Waals surface area contributed by atoms with E-state index in [1.165, 1.54) is 12.1 Å². The van der Waals surface area contributed by atoms with Gasteiger partial charge in [0, 0.05) is 18.2 Å². The fourth-order valence-electron chi connectivity index (χ4n) is 2.27. The molecule has 25 heavy (non-hydrogen) atoms. The van der Waals surface area contributed by atoms with Gasteiger partial charge in [0.1, 0.15) is 18.2 Å². The van der Waals surface area contributed by atoms with Crippen LogP contribution in [-0.2, 0) is 16.1 Å². The van der Waals surface area contributed by atoms with Gasteiger partial charge >= 0.3 is 5.97 Å². The van der Waals surface area contributed by atoms with Crippen LogP contribution in [0.1, 0.15) is 30.6 Å². The van der Waals surface area contributed by atoms with Gasteiger partial charge in [-0.25, -0.2) is 4.39 Å². The molecule has 1 atom stereocenters. The largest absolute Gasteiger partial charge is 0.489 e. The summed E-state index contributed by atoms with van der Waals surface area (Å²) >= 11 is 11.8. The molecule has 0 aliphatic heterocycles. The molecule has 0 aliphatic carbocycles. The summed E-state index contributed by atoms with van der Waals surface area (Å²) in [5.74, 6) is -1.32.